The van der Waals surface area contributed by atoms with Crippen LogP contribution in [0.5, 0.6) is 0 Å². The zero-order valence-corrected chi connectivity index (χ0v) is 13.7. The Morgan fingerprint density at radius 2 is 1.86 bits per heavy atom. The van der Waals surface area contributed by atoms with Crippen molar-refractivity contribution >= 4 is 5.97 Å². The molecule has 0 N–H and O–H groups in total. The van der Waals surface area contributed by atoms with Crippen molar-refractivity contribution in [3.63, 3.8) is 0 Å². The lowest BCUT2D eigenvalue weighted by Gasteiger charge is -2.40. The number of rotatable bonds is 2. The van der Waals surface area contributed by atoms with Gasteiger partial charge in [0.15, 0.2) is 0 Å². The van der Waals surface area contributed by atoms with Gasteiger partial charge in [-0.1, -0.05) is 25.0 Å². The molecule has 0 aliphatic heterocycles. The van der Waals surface area contributed by atoms with Crippen LogP contribution in [-0.2, 0) is 9.53 Å². The Balaban J connectivity index is 1.29. The molecule has 0 radical (unpaired) electrons. The van der Waals surface area contributed by atoms with Crippen LogP contribution in [0.15, 0.2) is 12.2 Å². The van der Waals surface area contributed by atoms with Crippen molar-refractivity contribution in [1.29, 1.82) is 0 Å². The van der Waals surface area contributed by atoms with Gasteiger partial charge in [0.1, 0.15) is 6.10 Å². The van der Waals surface area contributed by atoms with Gasteiger partial charge in [0.2, 0.25) is 0 Å². The Hall–Kier alpha value is -0.790. The maximum absolute atomic E-state index is 12.9. The smallest absolute Gasteiger partial charge is 0.312 e. The molecule has 5 rings (SSSR count). The number of hydrogen-bond acceptors (Lipinski definition) is 2. The van der Waals surface area contributed by atoms with Crippen molar-refractivity contribution in [2.24, 2.45) is 40.9 Å². The van der Waals surface area contributed by atoms with E-state index in [4.69, 9.17) is 4.74 Å². The summed E-state index contributed by atoms with van der Waals surface area (Å²) in [7, 11) is 0. The first-order valence-electron chi connectivity index (χ1n) is 9.54. The van der Waals surface area contributed by atoms with Crippen LogP contribution in [0.1, 0.15) is 58.3 Å². The molecule has 4 bridgehead atoms. The molecule has 4 saturated carbocycles. The van der Waals surface area contributed by atoms with Gasteiger partial charge < -0.3 is 4.74 Å². The van der Waals surface area contributed by atoms with Gasteiger partial charge in [0.25, 0.3) is 0 Å². The molecule has 0 saturated heterocycles. The van der Waals surface area contributed by atoms with Crippen molar-refractivity contribution in [1.82, 2.24) is 0 Å². The fourth-order valence-electron chi connectivity index (χ4n) is 6.91. The third kappa shape index (κ3) is 1.76. The monoisotopic (exact) mass is 300 g/mol. The third-order valence-corrected chi connectivity index (χ3v) is 8.02. The van der Waals surface area contributed by atoms with Crippen molar-refractivity contribution in [3.05, 3.63) is 12.2 Å². The van der Waals surface area contributed by atoms with Crippen LogP contribution in [0.25, 0.3) is 0 Å². The van der Waals surface area contributed by atoms with E-state index in [0.29, 0.717) is 17.8 Å². The second kappa shape index (κ2) is 4.61. The molecule has 4 fully saturated rings. The summed E-state index contributed by atoms with van der Waals surface area (Å²) >= 11 is 0. The molecule has 0 spiro atoms. The summed E-state index contributed by atoms with van der Waals surface area (Å²) in [5.74, 6) is 4.58. The number of carbonyl (C=O) groups is 1. The molecule has 2 nitrogen and oxygen atoms in total. The Morgan fingerprint density at radius 1 is 1.05 bits per heavy atom. The Kier molecular flexibility index (Phi) is 2.86. The first-order chi connectivity index (χ1) is 10.6. The van der Waals surface area contributed by atoms with E-state index in [1.165, 1.54) is 38.5 Å². The van der Waals surface area contributed by atoms with E-state index in [0.717, 1.165) is 30.6 Å². The Bertz CT molecular complexity index is 524. The second-order valence-corrected chi connectivity index (χ2v) is 9.06. The van der Waals surface area contributed by atoms with Crippen LogP contribution in [0, 0.1) is 40.9 Å². The van der Waals surface area contributed by atoms with Gasteiger partial charge in [-0.3, -0.25) is 4.79 Å². The summed E-state index contributed by atoms with van der Waals surface area (Å²) in [6.45, 7) is 2.15. The number of hydrogen-bond donors (Lipinski definition) is 0. The van der Waals surface area contributed by atoms with Crippen LogP contribution in [0.2, 0.25) is 0 Å². The second-order valence-electron chi connectivity index (χ2n) is 9.06. The number of carbonyl (C=O) groups excluding carboxylic acids is 1. The highest BCUT2D eigenvalue weighted by atomic mass is 16.5. The topological polar surface area (TPSA) is 26.3 Å². The number of esters is 1. The first-order valence-corrected chi connectivity index (χ1v) is 9.54. The molecular weight excluding hydrogens is 272 g/mol. The Labute approximate surface area is 133 Å². The van der Waals surface area contributed by atoms with Gasteiger partial charge in [-0.25, -0.2) is 0 Å². The summed E-state index contributed by atoms with van der Waals surface area (Å²) in [4.78, 5) is 12.9. The van der Waals surface area contributed by atoms with Gasteiger partial charge in [0.05, 0.1) is 5.41 Å². The summed E-state index contributed by atoms with van der Waals surface area (Å²) in [5, 5.41) is 0. The van der Waals surface area contributed by atoms with Gasteiger partial charge in [0, 0.05) is 0 Å². The quantitative estimate of drug-likeness (QED) is 0.560. The van der Waals surface area contributed by atoms with E-state index in [2.05, 4.69) is 19.1 Å². The molecule has 2 heteroatoms. The molecule has 0 aromatic carbocycles. The summed E-state index contributed by atoms with van der Waals surface area (Å²) in [6.07, 6.45) is 15.2. The van der Waals surface area contributed by atoms with Gasteiger partial charge in [-0.15, -0.1) is 0 Å². The number of ether oxygens (including phenoxy) is 1. The molecule has 5 aliphatic carbocycles. The van der Waals surface area contributed by atoms with E-state index >= 15 is 0 Å². The first kappa shape index (κ1) is 13.6. The van der Waals surface area contributed by atoms with E-state index in [-0.39, 0.29) is 17.5 Å². The van der Waals surface area contributed by atoms with Crippen LogP contribution >= 0.6 is 0 Å². The minimum Gasteiger partial charge on any atom is -0.462 e. The minimum atomic E-state index is -0.229. The SMILES string of the molecule is CC1(C(=O)OC2CC3CC2C2CCCCC32)CC2C=CC1C2. The third-order valence-electron chi connectivity index (χ3n) is 8.02. The van der Waals surface area contributed by atoms with E-state index in [9.17, 15) is 4.79 Å². The van der Waals surface area contributed by atoms with E-state index < -0.39 is 0 Å². The molecule has 0 aromatic rings. The average Bonchev–Trinajstić information content (AvgIpc) is 3.26. The van der Waals surface area contributed by atoms with Crippen molar-refractivity contribution < 1.29 is 9.53 Å². The van der Waals surface area contributed by atoms with Crippen LogP contribution < -0.4 is 0 Å². The predicted octanol–water partition coefficient (Wildman–Crippen LogP) is 4.35. The summed E-state index contributed by atoms with van der Waals surface area (Å²) in [6, 6.07) is 0. The lowest BCUT2D eigenvalue weighted by atomic mass is 9.70. The highest BCUT2D eigenvalue weighted by Crippen LogP contribution is 2.59. The molecule has 0 aromatic heterocycles. The Morgan fingerprint density at radius 3 is 2.59 bits per heavy atom. The van der Waals surface area contributed by atoms with Crippen molar-refractivity contribution in [3.8, 4) is 0 Å². The fourth-order valence-corrected chi connectivity index (χ4v) is 6.91. The van der Waals surface area contributed by atoms with Crippen LogP contribution in [-0.4, -0.2) is 12.1 Å². The van der Waals surface area contributed by atoms with Crippen molar-refractivity contribution in [2.45, 2.75) is 64.4 Å². The fraction of sp³-hybridized carbons (Fsp3) is 0.850. The number of fused-ring (bicyclic) bond motifs is 7. The maximum Gasteiger partial charge on any atom is 0.312 e. The van der Waals surface area contributed by atoms with E-state index in [1.807, 2.05) is 0 Å². The molecule has 120 valence electrons. The largest absolute Gasteiger partial charge is 0.462 e. The minimum absolute atomic E-state index is 0.120. The zero-order chi connectivity index (χ0) is 14.9. The molecule has 8 unspecified atom stereocenters. The van der Waals surface area contributed by atoms with Crippen LogP contribution in [0.4, 0.5) is 0 Å². The molecule has 5 aliphatic rings. The standard InChI is InChI=1S/C20H28O2/c1-20(11-12-6-7-14(20)8-12)19(21)22-18-10-13-9-17(18)16-5-3-2-4-15(13)16/h6-7,12-18H,2-5,8-11H2,1H3. The van der Waals surface area contributed by atoms with Crippen LogP contribution in [0.3, 0.4) is 0 Å². The lowest BCUT2D eigenvalue weighted by molar-refractivity contribution is -0.167. The van der Waals surface area contributed by atoms with E-state index in [1.54, 1.807) is 0 Å². The van der Waals surface area contributed by atoms with Crippen molar-refractivity contribution in [2.75, 3.05) is 0 Å². The highest BCUT2D eigenvalue weighted by Gasteiger charge is 2.56. The predicted molar refractivity (Wildman–Crippen MR) is 85.0 cm³/mol. The molecule has 8 atom stereocenters. The van der Waals surface area contributed by atoms with Gasteiger partial charge >= 0.3 is 5.97 Å². The molecular formula is C20H28O2. The number of allylic oxidation sites excluding steroid dienone is 2. The van der Waals surface area contributed by atoms with Gasteiger partial charge in [-0.05, 0) is 81.0 Å². The molecule has 22 heavy (non-hydrogen) atoms. The zero-order valence-electron chi connectivity index (χ0n) is 13.7. The lowest BCUT2D eigenvalue weighted by Crippen LogP contribution is -2.41. The summed E-state index contributed by atoms with van der Waals surface area (Å²) in [5.41, 5.74) is -0.229. The highest BCUT2D eigenvalue weighted by molar-refractivity contribution is 5.78. The average molecular weight is 300 g/mol. The summed E-state index contributed by atoms with van der Waals surface area (Å²) < 4.78 is 6.16. The van der Waals surface area contributed by atoms with Gasteiger partial charge in [-0.2, -0.15) is 0 Å². The normalized spacial score (nSPS) is 54.7. The molecule has 0 heterocycles. The molecule has 0 amide bonds. The maximum atomic E-state index is 12.9.